The molecule has 0 aliphatic carbocycles. The first-order chi connectivity index (χ1) is 14.0. The van der Waals surface area contributed by atoms with Gasteiger partial charge in [-0.05, 0) is 49.3 Å². The van der Waals surface area contributed by atoms with Gasteiger partial charge in [0.2, 0.25) is 5.91 Å². The molecule has 162 valence electrons. The molecule has 6 nitrogen and oxygen atoms in total. The topological polar surface area (TPSA) is 60.0 Å². The molecule has 1 aliphatic rings. The van der Waals surface area contributed by atoms with Crippen molar-refractivity contribution in [1.82, 2.24) is 15.5 Å². The summed E-state index contributed by atoms with van der Waals surface area (Å²) >= 11 is 0. The van der Waals surface area contributed by atoms with Gasteiger partial charge < -0.3 is 20.4 Å². The normalized spacial score (nSPS) is 14.1. The van der Waals surface area contributed by atoms with Crippen LogP contribution < -0.4 is 15.5 Å². The first-order valence-corrected chi connectivity index (χ1v) is 10.1. The van der Waals surface area contributed by atoms with E-state index in [-0.39, 0.29) is 29.9 Å². The van der Waals surface area contributed by atoms with Crippen molar-refractivity contribution in [3.8, 4) is 0 Å². The van der Waals surface area contributed by atoms with Gasteiger partial charge in [0.25, 0.3) is 0 Å². The summed E-state index contributed by atoms with van der Waals surface area (Å²) in [7, 11) is 5.93. The summed E-state index contributed by atoms with van der Waals surface area (Å²) in [5, 5.41) is 6.72. The van der Waals surface area contributed by atoms with Gasteiger partial charge in [-0.25, -0.2) is 0 Å². The van der Waals surface area contributed by atoms with E-state index < -0.39 is 0 Å². The van der Waals surface area contributed by atoms with E-state index in [1.807, 2.05) is 17.0 Å². The molecule has 30 heavy (non-hydrogen) atoms. The Hall–Kier alpha value is -2.13. The van der Waals surface area contributed by atoms with E-state index in [1.54, 1.807) is 7.05 Å². The van der Waals surface area contributed by atoms with Gasteiger partial charge in [0.15, 0.2) is 5.96 Å². The van der Waals surface area contributed by atoms with Crippen LogP contribution >= 0.6 is 24.0 Å². The number of carbonyl (C=O) groups is 1. The Morgan fingerprint density at radius 3 is 2.30 bits per heavy atom. The molecule has 0 aromatic heterocycles. The predicted molar refractivity (Wildman–Crippen MR) is 134 cm³/mol. The largest absolute Gasteiger partial charge is 0.352 e. The zero-order valence-electron chi connectivity index (χ0n) is 18.0. The fraction of sp³-hybridized carbons (Fsp3) is 0.391. The maximum Gasteiger partial charge on any atom is 0.227 e. The van der Waals surface area contributed by atoms with Crippen LogP contribution in [-0.4, -0.2) is 44.5 Å². The van der Waals surface area contributed by atoms with E-state index in [9.17, 15) is 4.79 Å². The molecule has 0 radical (unpaired) electrons. The highest BCUT2D eigenvalue weighted by atomic mass is 127. The Kier molecular flexibility index (Phi) is 9.58. The van der Waals surface area contributed by atoms with Crippen LogP contribution in [0.4, 0.5) is 5.69 Å². The third-order valence-electron chi connectivity index (χ3n) is 4.96. The Balaban J connectivity index is 0.00000320. The molecule has 1 amide bonds. The Bertz CT molecular complexity index is 851. The first-order valence-electron chi connectivity index (χ1n) is 10.1. The van der Waals surface area contributed by atoms with E-state index in [0.717, 1.165) is 43.3 Å². The maximum absolute atomic E-state index is 11.9. The summed E-state index contributed by atoms with van der Waals surface area (Å²) in [6.07, 6.45) is 1.60. The summed E-state index contributed by atoms with van der Waals surface area (Å²) in [6.45, 7) is 3.15. The molecule has 1 fully saturated rings. The van der Waals surface area contributed by atoms with Gasteiger partial charge in [0.05, 0.1) is 0 Å². The number of carbonyl (C=O) groups excluding carboxylic acids is 1. The van der Waals surface area contributed by atoms with Crippen molar-refractivity contribution in [2.45, 2.75) is 32.5 Å². The highest BCUT2D eigenvalue weighted by molar-refractivity contribution is 14.0. The van der Waals surface area contributed by atoms with E-state index in [4.69, 9.17) is 0 Å². The van der Waals surface area contributed by atoms with Gasteiger partial charge in [0, 0.05) is 45.3 Å². The summed E-state index contributed by atoms with van der Waals surface area (Å²) in [5.41, 5.74) is 4.66. The molecule has 0 atom stereocenters. The number of anilines is 1. The Morgan fingerprint density at radius 2 is 1.70 bits per heavy atom. The van der Waals surface area contributed by atoms with Crippen LogP contribution in [0.15, 0.2) is 53.5 Å². The number of hydrogen-bond donors (Lipinski definition) is 2. The van der Waals surface area contributed by atoms with E-state index in [1.165, 1.54) is 11.1 Å². The molecular weight excluding hydrogens is 489 g/mol. The molecule has 3 rings (SSSR count). The average molecular weight is 521 g/mol. The highest BCUT2D eigenvalue weighted by Crippen LogP contribution is 2.21. The molecule has 2 N–H and O–H groups in total. The van der Waals surface area contributed by atoms with Crippen LogP contribution in [0.2, 0.25) is 0 Å². The lowest BCUT2D eigenvalue weighted by molar-refractivity contribution is -0.117. The minimum absolute atomic E-state index is 0. The third kappa shape index (κ3) is 6.98. The van der Waals surface area contributed by atoms with Crippen LogP contribution in [0, 0.1) is 0 Å². The van der Waals surface area contributed by atoms with Gasteiger partial charge in [-0.2, -0.15) is 0 Å². The summed E-state index contributed by atoms with van der Waals surface area (Å²) < 4.78 is 0. The SMILES string of the molecule is CN=C(NCc1ccc(N2CCCC2=O)cc1)NCc1cccc(CN(C)C)c1.I. The van der Waals surface area contributed by atoms with Crippen molar-refractivity contribution in [2.75, 3.05) is 32.6 Å². The van der Waals surface area contributed by atoms with Crippen LogP contribution in [-0.2, 0) is 24.4 Å². The molecule has 0 spiro atoms. The number of benzene rings is 2. The van der Waals surface area contributed by atoms with Gasteiger partial charge in [-0.3, -0.25) is 9.79 Å². The van der Waals surface area contributed by atoms with Crippen molar-refractivity contribution in [2.24, 2.45) is 4.99 Å². The van der Waals surface area contributed by atoms with Crippen LogP contribution in [0.25, 0.3) is 0 Å². The monoisotopic (exact) mass is 521 g/mol. The number of aliphatic imine (C=N–C) groups is 1. The summed E-state index contributed by atoms with van der Waals surface area (Å²) in [4.78, 5) is 20.2. The van der Waals surface area contributed by atoms with Crippen LogP contribution in [0.3, 0.4) is 0 Å². The first kappa shape index (κ1) is 24.1. The highest BCUT2D eigenvalue weighted by Gasteiger charge is 2.21. The second-order valence-electron chi connectivity index (χ2n) is 7.65. The van der Waals surface area contributed by atoms with Gasteiger partial charge in [-0.1, -0.05) is 36.4 Å². The molecule has 1 heterocycles. The molecule has 2 aromatic rings. The lowest BCUT2D eigenvalue weighted by atomic mass is 10.1. The second kappa shape index (κ2) is 11.9. The van der Waals surface area contributed by atoms with Gasteiger partial charge in [0.1, 0.15) is 0 Å². The Morgan fingerprint density at radius 1 is 1.03 bits per heavy atom. The summed E-state index contributed by atoms with van der Waals surface area (Å²) in [6, 6.07) is 16.8. The quantitative estimate of drug-likeness (QED) is 0.334. The fourth-order valence-corrected chi connectivity index (χ4v) is 3.51. The molecule has 1 saturated heterocycles. The Labute approximate surface area is 196 Å². The lowest BCUT2D eigenvalue weighted by Crippen LogP contribution is -2.36. The number of halogens is 1. The molecule has 0 saturated carbocycles. The molecule has 2 aromatic carbocycles. The number of guanidine groups is 1. The van der Waals surface area contributed by atoms with Crippen molar-refractivity contribution >= 4 is 41.5 Å². The number of hydrogen-bond acceptors (Lipinski definition) is 3. The molecule has 0 bridgehead atoms. The standard InChI is InChI=1S/C23H31N5O.HI/c1-24-23(26-16-19-6-4-7-20(14-19)17-27(2)3)25-15-18-9-11-21(12-10-18)28-13-5-8-22(28)29;/h4,6-7,9-12,14H,5,8,13,15-17H2,1-3H3,(H2,24,25,26);1H. The number of rotatable bonds is 7. The zero-order valence-corrected chi connectivity index (χ0v) is 20.3. The number of nitrogens with zero attached hydrogens (tertiary/aromatic N) is 3. The van der Waals surface area contributed by atoms with E-state index >= 15 is 0 Å². The van der Waals surface area contributed by atoms with Crippen LogP contribution in [0.1, 0.15) is 29.5 Å². The molecule has 1 aliphatic heterocycles. The van der Waals surface area contributed by atoms with E-state index in [2.05, 4.69) is 71.0 Å². The van der Waals surface area contributed by atoms with Gasteiger partial charge >= 0.3 is 0 Å². The van der Waals surface area contributed by atoms with Crippen molar-refractivity contribution in [1.29, 1.82) is 0 Å². The minimum Gasteiger partial charge on any atom is -0.352 e. The number of nitrogens with one attached hydrogen (secondary N) is 2. The van der Waals surface area contributed by atoms with E-state index in [0.29, 0.717) is 13.0 Å². The maximum atomic E-state index is 11.9. The summed E-state index contributed by atoms with van der Waals surface area (Å²) in [5.74, 6) is 0.983. The second-order valence-corrected chi connectivity index (χ2v) is 7.65. The molecular formula is C23H32IN5O. The smallest absolute Gasteiger partial charge is 0.227 e. The predicted octanol–water partition coefficient (Wildman–Crippen LogP) is 3.36. The molecule has 0 unspecified atom stereocenters. The van der Waals surface area contributed by atoms with Gasteiger partial charge in [-0.15, -0.1) is 24.0 Å². The average Bonchev–Trinajstić information content (AvgIpc) is 3.14. The zero-order chi connectivity index (χ0) is 20.6. The third-order valence-corrected chi connectivity index (χ3v) is 4.96. The fourth-order valence-electron chi connectivity index (χ4n) is 3.51. The lowest BCUT2D eigenvalue weighted by Gasteiger charge is -2.16. The number of amides is 1. The molecule has 7 heteroatoms. The minimum atomic E-state index is 0. The van der Waals surface area contributed by atoms with Crippen molar-refractivity contribution in [3.63, 3.8) is 0 Å². The van der Waals surface area contributed by atoms with Crippen molar-refractivity contribution in [3.05, 3.63) is 65.2 Å². The van der Waals surface area contributed by atoms with Crippen molar-refractivity contribution < 1.29 is 4.79 Å². The van der Waals surface area contributed by atoms with Crippen LogP contribution in [0.5, 0.6) is 0 Å².